The van der Waals surface area contributed by atoms with Crippen molar-refractivity contribution in [3.8, 4) is 17.2 Å². The molecule has 1 atom stereocenters. The average molecular weight is 264 g/mol. The fourth-order valence-electron chi connectivity index (χ4n) is 2.10. The Bertz CT molecular complexity index is 579. The molecule has 1 aromatic heterocycles. The minimum absolute atomic E-state index is 0.150. The average Bonchev–Trinajstić information content (AvgIpc) is 3.09. The second-order valence-electron chi connectivity index (χ2n) is 4.36. The monoisotopic (exact) mass is 264 g/mol. The van der Waals surface area contributed by atoms with Crippen molar-refractivity contribution in [2.24, 2.45) is 0 Å². The molecule has 0 N–H and O–H groups in total. The molecule has 100 valence electrons. The molecule has 0 aliphatic carbocycles. The van der Waals surface area contributed by atoms with Crippen LogP contribution in [0.25, 0.3) is 11.5 Å². The van der Waals surface area contributed by atoms with Gasteiger partial charge in [0.25, 0.3) is 5.89 Å². The molecule has 0 unspecified atom stereocenters. The summed E-state index contributed by atoms with van der Waals surface area (Å²) in [5.74, 6) is 1.13. The highest BCUT2D eigenvalue weighted by atomic mass is 19.1. The van der Waals surface area contributed by atoms with E-state index >= 15 is 0 Å². The van der Waals surface area contributed by atoms with Crippen LogP contribution in [0.5, 0.6) is 5.75 Å². The van der Waals surface area contributed by atoms with E-state index in [9.17, 15) is 4.39 Å². The number of benzene rings is 1. The van der Waals surface area contributed by atoms with Crippen LogP contribution in [0.15, 0.2) is 22.7 Å². The first-order valence-electron chi connectivity index (χ1n) is 6.03. The summed E-state index contributed by atoms with van der Waals surface area (Å²) in [6, 6.07) is 4.18. The maximum atomic E-state index is 13.3. The summed E-state index contributed by atoms with van der Waals surface area (Å²) in [5, 5.41) is 3.94. The second kappa shape index (κ2) is 4.97. The molecule has 0 bridgehead atoms. The lowest BCUT2D eigenvalue weighted by molar-refractivity contribution is 0.192. The van der Waals surface area contributed by atoms with Crippen LogP contribution in [-0.4, -0.2) is 30.5 Å². The molecule has 1 aromatic carbocycles. The van der Waals surface area contributed by atoms with Gasteiger partial charge in [0.15, 0.2) is 5.82 Å². The molecule has 19 heavy (non-hydrogen) atoms. The number of rotatable bonds is 3. The maximum Gasteiger partial charge on any atom is 0.261 e. The molecule has 2 heterocycles. The predicted molar refractivity (Wildman–Crippen MR) is 64.4 cm³/mol. The Morgan fingerprint density at radius 2 is 2.32 bits per heavy atom. The summed E-state index contributed by atoms with van der Waals surface area (Å²) < 4.78 is 29.0. The fourth-order valence-corrected chi connectivity index (χ4v) is 2.10. The molecule has 0 spiro atoms. The van der Waals surface area contributed by atoms with Gasteiger partial charge in [-0.1, -0.05) is 5.16 Å². The van der Waals surface area contributed by atoms with Crippen molar-refractivity contribution in [2.45, 2.75) is 12.3 Å². The van der Waals surface area contributed by atoms with E-state index in [1.165, 1.54) is 25.3 Å². The third-order valence-corrected chi connectivity index (χ3v) is 3.13. The van der Waals surface area contributed by atoms with Gasteiger partial charge < -0.3 is 14.0 Å². The SMILES string of the molecule is COc1ccc(F)cc1-c1nc([C@H]2CCOC2)no1. The Kier molecular flexibility index (Phi) is 3.16. The van der Waals surface area contributed by atoms with Crippen molar-refractivity contribution in [1.82, 2.24) is 10.1 Å². The summed E-state index contributed by atoms with van der Waals surface area (Å²) in [6.07, 6.45) is 0.874. The molecule has 1 fully saturated rings. The number of hydrogen-bond donors (Lipinski definition) is 0. The summed E-state index contributed by atoms with van der Waals surface area (Å²) in [6.45, 7) is 1.30. The third-order valence-electron chi connectivity index (χ3n) is 3.13. The van der Waals surface area contributed by atoms with Crippen molar-refractivity contribution < 1.29 is 18.4 Å². The maximum absolute atomic E-state index is 13.3. The molecule has 1 saturated heterocycles. The standard InChI is InChI=1S/C13H13FN2O3/c1-17-11-3-2-9(14)6-10(11)13-15-12(16-19-13)8-4-5-18-7-8/h2-3,6,8H,4-5,7H2,1H3/t8-/m0/s1. The van der Waals surface area contributed by atoms with Crippen LogP contribution >= 0.6 is 0 Å². The lowest BCUT2D eigenvalue weighted by atomic mass is 10.1. The van der Waals surface area contributed by atoms with Gasteiger partial charge in [0.05, 0.1) is 19.3 Å². The first-order chi connectivity index (χ1) is 9.28. The van der Waals surface area contributed by atoms with Crippen molar-refractivity contribution >= 4 is 0 Å². The molecule has 3 rings (SSSR count). The van der Waals surface area contributed by atoms with E-state index in [0.717, 1.165) is 6.42 Å². The van der Waals surface area contributed by atoms with Gasteiger partial charge in [0, 0.05) is 12.5 Å². The summed E-state index contributed by atoms with van der Waals surface area (Å²) in [5.41, 5.74) is 0.458. The Morgan fingerprint density at radius 1 is 1.42 bits per heavy atom. The zero-order valence-electron chi connectivity index (χ0n) is 10.4. The molecular weight excluding hydrogens is 251 g/mol. The fraction of sp³-hybridized carbons (Fsp3) is 0.385. The number of methoxy groups -OCH3 is 1. The van der Waals surface area contributed by atoms with Gasteiger partial charge in [0.1, 0.15) is 11.6 Å². The van der Waals surface area contributed by atoms with Gasteiger partial charge in [-0.25, -0.2) is 4.39 Å². The van der Waals surface area contributed by atoms with Crippen LogP contribution in [0, 0.1) is 5.82 Å². The topological polar surface area (TPSA) is 57.4 Å². The van der Waals surface area contributed by atoms with E-state index in [1.807, 2.05) is 0 Å². The summed E-state index contributed by atoms with van der Waals surface area (Å²) in [4.78, 5) is 4.31. The smallest absolute Gasteiger partial charge is 0.261 e. The molecule has 2 aromatic rings. The number of aromatic nitrogens is 2. The molecule has 0 saturated carbocycles. The minimum atomic E-state index is -0.375. The number of halogens is 1. The van der Waals surface area contributed by atoms with Gasteiger partial charge in [-0.15, -0.1) is 0 Å². The van der Waals surface area contributed by atoms with Crippen LogP contribution in [0.2, 0.25) is 0 Å². The Labute approximate surface area is 109 Å². The Morgan fingerprint density at radius 3 is 3.05 bits per heavy atom. The van der Waals surface area contributed by atoms with Crippen LogP contribution in [0.4, 0.5) is 4.39 Å². The number of hydrogen-bond acceptors (Lipinski definition) is 5. The molecule has 6 heteroatoms. The second-order valence-corrected chi connectivity index (χ2v) is 4.36. The first-order valence-corrected chi connectivity index (χ1v) is 6.03. The van der Waals surface area contributed by atoms with E-state index in [4.69, 9.17) is 14.0 Å². The molecule has 0 amide bonds. The van der Waals surface area contributed by atoms with Crippen molar-refractivity contribution in [1.29, 1.82) is 0 Å². The van der Waals surface area contributed by atoms with E-state index < -0.39 is 0 Å². The third kappa shape index (κ3) is 2.31. The number of nitrogens with zero attached hydrogens (tertiary/aromatic N) is 2. The lowest BCUT2D eigenvalue weighted by Gasteiger charge is -2.04. The largest absolute Gasteiger partial charge is 0.496 e. The van der Waals surface area contributed by atoms with Crippen LogP contribution < -0.4 is 4.74 Å². The van der Waals surface area contributed by atoms with Crippen LogP contribution in [0.3, 0.4) is 0 Å². The van der Waals surface area contributed by atoms with E-state index in [-0.39, 0.29) is 17.6 Å². The first kappa shape index (κ1) is 12.1. The van der Waals surface area contributed by atoms with Gasteiger partial charge in [0.2, 0.25) is 0 Å². The zero-order valence-corrected chi connectivity index (χ0v) is 10.4. The normalized spacial score (nSPS) is 18.7. The molecular formula is C13H13FN2O3. The highest BCUT2D eigenvalue weighted by Crippen LogP contribution is 2.31. The molecule has 1 aliphatic rings. The Balaban J connectivity index is 1.95. The zero-order chi connectivity index (χ0) is 13.2. The van der Waals surface area contributed by atoms with E-state index in [2.05, 4.69) is 10.1 Å². The van der Waals surface area contributed by atoms with Crippen molar-refractivity contribution in [2.75, 3.05) is 20.3 Å². The highest BCUT2D eigenvalue weighted by Gasteiger charge is 2.24. The summed E-state index contributed by atoms with van der Waals surface area (Å²) in [7, 11) is 1.51. The quantitative estimate of drug-likeness (QED) is 0.852. The van der Waals surface area contributed by atoms with Crippen LogP contribution in [-0.2, 0) is 4.74 Å². The minimum Gasteiger partial charge on any atom is -0.496 e. The molecule has 1 aliphatic heterocycles. The number of ether oxygens (including phenoxy) is 2. The lowest BCUT2D eigenvalue weighted by Crippen LogP contribution is -1.99. The van der Waals surface area contributed by atoms with Gasteiger partial charge in [-0.05, 0) is 24.6 Å². The Hall–Kier alpha value is -1.95. The van der Waals surface area contributed by atoms with Crippen molar-refractivity contribution in [3.05, 3.63) is 29.8 Å². The predicted octanol–water partition coefficient (Wildman–Crippen LogP) is 2.39. The highest BCUT2D eigenvalue weighted by molar-refractivity contribution is 5.62. The molecule has 0 radical (unpaired) electrons. The van der Waals surface area contributed by atoms with E-state index in [0.29, 0.717) is 30.4 Å². The summed E-state index contributed by atoms with van der Waals surface area (Å²) >= 11 is 0. The van der Waals surface area contributed by atoms with Crippen molar-refractivity contribution in [3.63, 3.8) is 0 Å². The van der Waals surface area contributed by atoms with Gasteiger partial charge in [-0.2, -0.15) is 4.98 Å². The van der Waals surface area contributed by atoms with Gasteiger partial charge in [-0.3, -0.25) is 0 Å². The van der Waals surface area contributed by atoms with Crippen LogP contribution in [0.1, 0.15) is 18.2 Å². The van der Waals surface area contributed by atoms with Gasteiger partial charge >= 0.3 is 0 Å². The van der Waals surface area contributed by atoms with E-state index in [1.54, 1.807) is 0 Å². The molecule has 5 nitrogen and oxygen atoms in total.